The molecule has 124 valence electrons. The first-order valence-electron chi connectivity index (χ1n) is 7.39. The van der Waals surface area contributed by atoms with E-state index < -0.39 is 17.7 Å². The molecule has 23 heavy (non-hydrogen) atoms. The van der Waals surface area contributed by atoms with Gasteiger partial charge in [0.1, 0.15) is 0 Å². The van der Waals surface area contributed by atoms with E-state index in [0.717, 1.165) is 0 Å². The molecule has 0 saturated heterocycles. The fraction of sp³-hybridized carbons (Fsp3) is 0.500. The van der Waals surface area contributed by atoms with Crippen molar-refractivity contribution in [3.8, 4) is 11.5 Å². The highest BCUT2D eigenvalue weighted by Crippen LogP contribution is 2.52. The first kappa shape index (κ1) is 16.1. The quantitative estimate of drug-likeness (QED) is 0.787. The fourth-order valence-corrected chi connectivity index (χ4v) is 3.63. The van der Waals surface area contributed by atoms with Gasteiger partial charge < -0.3 is 19.3 Å². The predicted octanol–water partition coefficient (Wildman–Crippen LogP) is 3.29. The summed E-state index contributed by atoms with van der Waals surface area (Å²) in [5, 5.41) is 9.12. The summed E-state index contributed by atoms with van der Waals surface area (Å²) in [5.74, 6) is -1.33. The lowest BCUT2D eigenvalue weighted by molar-refractivity contribution is -0.150. The molecule has 1 saturated carbocycles. The minimum atomic E-state index is -0.837. The lowest BCUT2D eigenvalue weighted by Crippen LogP contribution is -2.43. The first-order chi connectivity index (χ1) is 10.9. The Morgan fingerprint density at radius 2 is 1.91 bits per heavy atom. The number of hydrogen-bond acceptors (Lipinski definition) is 5. The van der Waals surface area contributed by atoms with Crippen LogP contribution in [0.1, 0.15) is 41.6 Å². The number of ether oxygens (including phenoxy) is 3. The highest BCUT2D eigenvalue weighted by molar-refractivity contribution is 9.10. The molecule has 0 radical (unpaired) electrons. The summed E-state index contributed by atoms with van der Waals surface area (Å²) in [7, 11) is 1.33. The second-order valence-corrected chi connectivity index (χ2v) is 6.76. The Morgan fingerprint density at radius 1 is 1.30 bits per heavy atom. The molecule has 2 aliphatic rings. The van der Waals surface area contributed by atoms with Crippen LogP contribution in [0.15, 0.2) is 10.5 Å². The van der Waals surface area contributed by atoms with Crippen LogP contribution in [0.25, 0.3) is 0 Å². The summed E-state index contributed by atoms with van der Waals surface area (Å²) in [6, 6.07) is 1.66. The number of esters is 1. The third-order valence-corrected chi connectivity index (χ3v) is 5.11. The number of carboxylic acids is 1. The van der Waals surface area contributed by atoms with Crippen LogP contribution >= 0.6 is 15.9 Å². The van der Waals surface area contributed by atoms with Crippen LogP contribution in [0, 0.1) is 12.8 Å². The van der Waals surface area contributed by atoms with Crippen molar-refractivity contribution in [2.75, 3.05) is 7.11 Å². The largest absolute Gasteiger partial charge is 0.481 e. The van der Waals surface area contributed by atoms with Gasteiger partial charge in [0.2, 0.25) is 0 Å². The molecule has 6 nitrogen and oxygen atoms in total. The lowest BCUT2D eigenvalue weighted by Gasteiger charge is -2.33. The molecule has 1 fully saturated rings. The third kappa shape index (κ3) is 2.67. The molecule has 1 N–H and O–H groups in total. The first-order valence-corrected chi connectivity index (χ1v) is 8.18. The Labute approximate surface area is 141 Å². The van der Waals surface area contributed by atoms with Crippen molar-refractivity contribution in [3.05, 3.63) is 21.7 Å². The number of carbonyl (C=O) groups excluding carboxylic acids is 1. The van der Waals surface area contributed by atoms with Crippen LogP contribution in [0.4, 0.5) is 0 Å². The molecule has 1 heterocycles. The van der Waals surface area contributed by atoms with E-state index in [0.29, 0.717) is 52.8 Å². The summed E-state index contributed by atoms with van der Waals surface area (Å²) < 4.78 is 17.5. The van der Waals surface area contributed by atoms with E-state index in [9.17, 15) is 9.59 Å². The van der Waals surface area contributed by atoms with Gasteiger partial charge in [-0.05, 0) is 41.8 Å². The Hall–Kier alpha value is -1.76. The molecule has 1 aromatic carbocycles. The van der Waals surface area contributed by atoms with E-state index in [1.54, 1.807) is 13.0 Å². The number of aliphatic carboxylic acids is 1. The van der Waals surface area contributed by atoms with Crippen LogP contribution in [-0.2, 0) is 9.53 Å². The molecule has 1 aliphatic carbocycles. The minimum Gasteiger partial charge on any atom is -0.481 e. The van der Waals surface area contributed by atoms with Crippen molar-refractivity contribution < 1.29 is 28.9 Å². The third-order valence-electron chi connectivity index (χ3n) is 4.52. The molecule has 0 bridgehead atoms. The Morgan fingerprint density at radius 3 is 2.48 bits per heavy atom. The van der Waals surface area contributed by atoms with Crippen LogP contribution in [0.5, 0.6) is 11.5 Å². The minimum absolute atomic E-state index is 0.355. The van der Waals surface area contributed by atoms with Crippen molar-refractivity contribution in [2.45, 2.75) is 38.4 Å². The molecular formula is C16H17BrO6. The number of carbonyl (C=O) groups is 2. The zero-order valence-electron chi connectivity index (χ0n) is 12.8. The maximum Gasteiger partial charge on any atom is 0.338 e. The second-order valence-electron chi connectivity index (χ2n) is 5.91. The van der Waals surface area contributed by atoms with Gasteiger partial charge in [-0.1, -0.05) is 0 Å². The molecule has 0 amide bonds. The van der Waals surface area contributed by atoms with Gasteiger partial charge in [0.05, 0.1) is 23.1 Å². The second kappa shape index (κ2) is 5.70. The molecule has 0 unspecified atom stereocenters. The van der Waals surface area contributed by atoms with E-state index in [4.69, 9.17) is 19.3 Å². The molecule has 0 atom stereocenters. The molecule has 7 heteroatoms. The van der Waals surface area contributed by atoms with Crippen molar-refractivity contribution in [3.63, 3.8) is 0 Å². The number of fused-ring (bicyclic) bond motifs is 1. The summed E-state index contributed by atoms with van der Waals surface area (Å²) in [4.78, 5) is 23.0. The van der Waals surface area contributed by atoms with Crippen LogP contribution < -0.4 is 9.47 Å². The van der Waals surface area contributed by atoms with Gasteiger partial charge in [-0.15, -0.1) is 0 Å². The average Bonchev–Trinajstić information content (AvgIpc) is 2.90. The fourth-order valence-electron chi connectivity index (χ4n) is 3.14. The Bertz CT molecular complexity index is 676. The summed E-state index contributed by atoms with van der Waals surface area (Å²) >= 11 is 3.41. The van der Waals surface area contributed by atoms with Crippen molar-refractivity contribution >= 4 is 27.9 Å². The number of methoxy groups -OCH3 is 1. The summed E-state index contributed by atoms with van der Waals surface area (Å²) in [6.45, 7) is 1.78. The Kier molecular flexibility index (Phi) is 4.00. The normalized spacial score (nSPS) is 25.4. The van der Waals surface area contributed by atoms with Gasteiger partial charge in [0, 0.05) is 18.4 Å². The number of rotatable bonds is 2. The number of halogens is 1. The SMILES string of the molecule is COC(=O)c1cc(Br)c2c(c1C)OC1(CCC(C(=O)O)CC1)O2. The van der Waals surface area contributed by atoms with Gasteiger partial charge in [0.25, 0.3) is 5.79 Å². The van der Waals surface area contributed by atoms with Gasteiger partial charge in [-0.25, -0.2) is 4.79 Å². The smallest absolute Gasteiger partial charge is 0.338 e. The van der Waals surface area contributed by atoms with Crippen LogP contribution in [0.2, 0.25) is 0 Å². The highest BCUT2D eigenvalue weighted by atomic mass is 79.9. The summed E-state index contributed by atoms with van der Waals surface area (Å²) in [5.41, 5.74) is 1.07. The zero-order chi connectivity index (χ0) is 16.8. The van der Waals surface area contributed by atoms with E-state index >= 15 is 0 Å². The van der Waals surface area contributed by atoms with E-state index in [1.165, 1.54) is 7.11 Å². The van der Waals surface area contributed by atoms with Gasteiger partial charge in [-0.3, -0.25) is 4.79 Å². The molecule has 1 aromatic rings. The van der Waals surface area contributed by atoms with Crippen molar-refractivity contribution in [1.82, 2.24) is 0 Å². The maximum absolute atomic E-state index is 11.9. The maximum atomic E-state index is 11.9. The Balaban J connectivity index is 1.90. The number of hydrogen-bond donors (Lipinski definition) is 1. The zero-order valence-corrected chi connectivity index (χ0v) is 14.4. The number of carboxylic acid groups (broad SMARTS) is 1. The van der Waals surface area contributed by atoms with Gasteiger partial charge >= 0.3 is 11.9 Å². The monoisotopic (exact) mass is 384 g/mol. The van der Waals surface area contributed by atoms with Crippen LogP contribution in [-0.4, -0.2) is 29.9 Å². The highest BCUT2D eigenvalue weighted by Gasteiger charge is 2.47. The average molecular weight is 385 g/mol. The van der Waals surface area contributed by atoms with E-state index in [1.807, 2.05) is 0 Å². The van der Waals surface area contributed by atoms with Gasteiger partial charge in [0.15, 0.2) is 11.5 Å². The molecular weight excluding hydrogens is 368 g/mol. The molecule has 1 spiro atoms. The van der Waals surface area contributed by atoms with E-state index in [-0.39, 0.29) is 5.92 Å². The molecule has 1 aliphatic heterocycles. The molecule has 3 rings (SSSR count). The summed E-state index contributed by atoms with van der Waals surface area (Å²) in [6.07, 6.45) is 2.00. The standard InChI is InChI=1S/C16H17BrO6/c1-8-10(15(20)21-2)7-11(17)13-12(8)22-16(23-13)5-3-9(4-6-16)14(18)19/h7,9H,3-6H2,1-2H3,(H,18,19). The topological polar surface area (TPSA) is 82.1 Å². The van der Waals surface area contributed by atoms with Crippen molar-refractivity contribution in [2.24, 2.45) is 5.92 Å². The predicted molar refractivity (Wildman–Crippen MR) is 83.8 cm³/mol. The lowest BCUT2D eigenvalue weighted by atomic mass is 9.85. The number of benzene rings is 1. The van der Waals surface area contributed by atoms with Crippen molar-refractivity contribution in [1.29, 1.82) is 0 Å². The molecule has 0 aromatic heterocycles. The van der Waals surface area contributed by atoms with Gasteiger partial charge in [-0.2, -0.15) is 0 Å². The van der Waals surface area contributed by atoms with Crippen LogP contribution in [0.3, 0.4) is 0 Å². The van der Waals surface area contributed by atoms with E-state index in [2.05, 4.69) is 15.9 Å².